The normalized spacial score (nSPS) is 29.3. The lowest BCUT2D eigenvalue weighted by Crippen LogP contribution is -2.48. The highest BCUT2D eigenvalue weighted by Crippen LogP contribution is 2.14. The Hall–Kier alpha value is -1.10. The largest absolute Gasteiger partial charge is 0.469 e. The number of aliphatic hydroxyl groups excluding tert-OH is 1. The molecule has 2 N–H and O–H groups in total. The van der Waals surface area contributed by atoms with Gasteiger partial charge in [0, 0.05) is 6.54 Å². The molecule has 1 aliphatic heterocycles. The molecular formula is C7H11NO4. The molecule has 0 bridgehead atoms. The topological polar surface area (TPSA) is 75.6 Å². The zero-order valence-electron chi connectivity index (χ0n) is 6.74. The first-order chi connectivity index (χ1) is 5.66. The fraction of sp³-hybridized carbons (Fsp3) is 0.714. The van der Waals surface area contributed by atoms with Crippen molar-refractivity contribution >= 4 is 11.9 Å². The number of amides is 1. The molecule has 0 saturated carbocycles. The van der Waals surface area contributed by atoms with Crippen LogP contribution in [0.1, 0.15) is 6.42 Å². The lowest BCUT2D eigenvalue weighted by Gasteiger charge is -2.24. The van der Waals surface area contributed by atoms with Crippen molar-refractivity contribution in [2.75, 3.05) is 13.7 Å². The molecule has 0 spiro atoms. The van der Waals surface area contributed by atoms with Gasteiger partial charge in [0.15, 0.2) is 0 Å². The third kappa shape index (κ3) is 1.55. The maximum absolute atomic E-state index is 11.0. The lowest BCUT2D eigenvalue weighted by atomic mass is 9.95. The second-order valence-corrected chi connectivity index (χ2v) is 2.65. The van der Waals surface area contributed by atoms with E-state index < -0.39 is 23.9 Å². The van der Waals surface area contributed by atoms with Gasteiger partial charge in [0.25, 0.3) is 0 Å². The Morgan fingerprint density at radius 2 is 2.42 bits per heavy atom. The van der Waals surface area contributed by atoms with Crippen molar-refractivity contribution in [2.45, 2.75) is 12.5 Å². The predicted molar refractivity (Wildman–Crippen MR) is 39.1 cm³/mol. The maximum atomic E-state index is 11.0. The molecule has 0 radical (unpaired) electrons. The number of hydrogen-bond acceptors (Lipinski definition) is 4. The Kier molecular flexibility index (Phi) is 2.65. The van der Waals surface area contributed by atoms with Crippen molar-refractivity contribution in [3.63, 3.8) is 0 Å². The third-order valence-electron chi connectivity index (χ3n) is 1.91. The quantitative estimate of drug-likeness (QED) is 0.481. The summed E-state index contributed by atoms with van der Waals surface area (Å²) < 4.78 is 4.43. The summed E-state index contributed by atoms with van der Waals surface area (Å²) in [6.07, 6.45) is -0.828. The van der Waals surface area contributed by atoms with Crippen LogP contribution in [-0.2, 0) is 14.3 Å². The number of ether oxygens (including phenoxy) is 1. The van der Waals surface area contributed by atoms with E-state index in [-0.39, 0.29) is 0 Å². The van der Waals surface area contributed by atoms with E-state index in [4.69, 9.17) is 0 Å². The van der Waals surface area contributed by atoms with Crippen molar-refractivity contribution in [3.05, 3.63) is 0 Å². The van der Waals surface area contributed by atoms with Crippen LogP contribution in [0.3, 0.4) is 0 Å². The minimum absolute atomic E-state index is 0.412. The molecule has 5 heteroatoms. The van der Waals surface area contributed by atoms with Crippen LogP contribution >= 0.6 is 0 Å². The van der Waals surface area contributed by atoms with Gasteiger partial charge in [0.05, 0.1) is 13.0 Å². The highest BCUT2D eigenvalue weighted by Gasteiger charge is 2.35. The molecule has 0 aromatic carbocycles. The van der Waals surface area contributed by atoms with E-state index in [0.29, 0.717) is 13.0 Å². The molecule has 1 fully saturated rings. The first-order valence-electron chi connectivity index (χ1n) is 3.70. The Balaban J connectivity index is 2.63. The van der Waals surface area contributed by atoms with Crippen LogP contribution in [0.4, 0.5) is 0 Å². The molecule has 5 nitrogen and oxygen atoms in total. The number of methoxy groups -OCH3 is 1. The SMILES string of the molecule is COC(=O)[C@@H]1CCNC(=O)[C@H]1O. The number of carbonyl (C=O) groups excluding carboxylic acids is 2. The van der Waals surface area contributed by atoms with Crippen LogP contribution in [0.2, 0.25) is 0 Å². The highest BCUT2D eigenvalue weighted by atomic mass is 16.5. The van der Waals surface area contributed by atoms with Gasteiger partial charge in [0.1, 0.15) is 6.10 Å². The van der Waals surface area contributed by atoms with Crippen LogP contribution in [-0.4, -0.2) is 36.7 Å². The monoisotopic (exact) mass is 173 g/mol. The van der Waals surface area contributed by atoms with E-state index in [1.807, 2.05) is 0 Å². The van der Waals surface area contributed by atoms with E-state index >= 15 is 0 Å². The second-order valence-electron chi connectivity index (χ2n) is 2.65. The van der Waals surface area contributed by atoms with Gasteiger partial charge in [-0.05, 0) is 6.42 Å². The number of carbonyl (C=O) groups is 2. The first-order valence-corrected chi connectivity index (χ1v) is 3.70. The number of rotatable bonds is 1. The zero-order valence-corrected chi connectivity index (χ0v) is 6.74. The number of aliphatic hydroxyl groups is 1. The summed E-state index contributed by atoms with van der Waals surface area (Å²) in [5.74, 6) is -1.74. The minimum atomic E-state index is -1.26. The smallest absolute Gasteiger partial charge is 0.311 e. The first kappa shape index (κ1) is 8.99. The second kappa shape index (κ2) is 3.53. The number of piperidine rings is 1. The summed E-state index contributed by atoms with van der Waals surface area (Å²) in [7, 11) is 1.24. The average molecular weight is 173 g/mol. The molecule has 0 unspecified atom stereocenters. The van der Waals surface area contributed by atoms with Crippen LogP contribution in [0, 0.1) is 5.92 Å². The van der Waals surface area contributed by atoms with Gasteiger partial charge < -0.3 is 15.2 Å². The number of esters is 1. The summed E-state index contributed by atoms with van der Waals surface area (Å²) in [5.41, 5.74) is 0. The molecular weight excluding hydrogens is 162 g/mol. The van der Waals surface area contributed by atoms with Crippen molar-refractivity contribution < 1.29 is 19.4 Å². The van der Waals surface area contributed by atoms with Crippen LogP contribution < -0.4 is 5.32 Å². The van der Waals surface area contributed by atoms with Crippen molar-refractivity contribution in [2.24, 2.45) is 5.92 Å². The van der Waals surface area contributed by atoms with Crippen LogP contribution in [0.15, 0.2) is 0 Å². The average Bonchev–Trinajstić information content (AvgIpc) is 2.08. The van der Waals surface area contributed by atoms with Gasteiger partial charge in [-0.25, -0.2) is 0 Å². The van der Waals surface area contributed by atoms with Crippen LogP contribution in [0.5, 0.6) is 0 Å². The van der Waals surface area contributed by atoms with Crippen LogP contribution in [0.25, 0.3) is 0 Å². The Bertz CT molecular complexity index is 204. The standard InChI is InChI=1S/C7H11NO4/c1-12-7(11)4-2-3-8-6(10)5(4)9/h4-5,9H,2-3H2,1H3,(H,8,10)/t4-,5+/m1/s1. The van der Waals surface area contributed by atoms with E-state index in [1.54, 1.807) is 0 Å². The molecule has 1 aliphatic rings. The summed E-state index contributed by atoms with van der Waals surface area (Å²) in [4.78, 5) is 21.8. The molecule has 0 aromatic heterocycles. The molecule has 2 atom stereocenters. The van der Waals surface area contributed by atoms with Gasteiger partial charge in [-0.2, -0.15) is 0 Å². The molecule has 1 saturated heterocycles. The Labute approximate surface area is 69.7 Å². The molecule has 1 heterocycles. The molecule has 1 amide bonds. The number of nitrogens with one attached hydrogen (secondary N) is 1. The Morgan fingerprint density at radius 3 is 3.00 bits per heavy atom. The van der Waals surface area contributed by atoms with Gasteiger partial charge >= 0.3 is 5.97 Å². The lowest BCUT2D eigenvalue weighted by molar-refractivity contribution is -0.156. The van der Waals surface area contributed by atoms with E-state index in [0.717, 1.165) is 0 Å². The third-order valence-corrected chi connectivity index (χ3v) is 1.91. The summed E-state index contributed by atoms with van der Waals surface area (Å²) in [6.45, 7) is 0.412. The van der Waals surface area contributed by atoms with E-state index in [9.17, 15) is 14.7 Å². The highest BCUT2D eigenvalue weighted by molar-refractivity contribution is 5.88. The molecule has 12 heavy (non-hydrogen) atoms. The molecule has 68 valence electrons. The maximum Gasteiger partial charge on any atom is 0.311 e. The van der Waals surface area contributed by atoms with Gasteiger partial charge in [-0.1, -0.05) is 0 Å². The molecule has 0 aromatic rings. The predicted octanol–water partition coefficient (Wildman–Crippen LogP) is -1.34. The summed E-state index contributed by atoms with van der Waals surface area (Å²) in [5, 5.41) is 11.7. The van der Waals surface area contributed by atoms with Crippen molar-refractivity contribution in [3.8, 4) is 0 Å². The van der Waals surface area contributed by atoms with Gasteiger partial charge in [-0.15, -0.1) is 0 Å². The number of hydrogen-bond donors (Lipinski definition) is 2. The Morgan fingerprint density at radius 1 is 1.75 bits per heavy atom. The summed E-state index contributed by atoms with van der Waals surface area (Å²) in [6, 6.07) is 0. The van der Waals surface area contributed by atoms with Gasteiger partial charge in [-0.3, -0.25) is 9.59 Å². The van der Waals surface area contributed by atoms with Crippen molar-refractivity contribution in [1.29, 1.82) is 0 Å². The summed E-state index contributed by atoms with van der Waals surface area (Å²) >= 11 is 0. The van der Waals surface area contributed by atoms with Crippen molar-refractivity contribution in [1.82, 2.24) is 5.32 Å². The molecule has 1 rings (SSSR count). The minimum Gasteiger partial charge on any atom is -0.469 e. The fourth-order valence-corrected chi connectivity index (χ4v) is 1.19. The zero-order chi connectivity index (χ0) is 9.14. The molecule has 0 aliphatic carbocycles. The van der Waals surface area contributed by atoms with E-state index in [1.165, 1.54) is 7.11 Å². The van der Waals surface area contributed by atoms with E-state index in [2.05, 4.69) is 10.1 Å². The fourth-order valence-electron chi connectivity index (χ4n) is 1.19. The van der Waals surface area contributed by atoms with Gasteiger partial charge in [0.2, 0.25) is 5.91 Å².